The minimum absolute atomic E-state index is 0.000567. The zero-order valence-electron chi connectivity index (χ0n) is 37.2. The van der Waals surface area contributed by atoms with Gasteiger partial charge in [-0.1, -0.05) is 183 Å². The van der Waals surface area contributed by atoms with E-state index in [1.165, 1.54) is 102 Å². The fourth-order valence-electron chi connectivity index (χ4n) is 5.60. The molecular formula is C48H83NO8P+. The van der Waals surface area contributed by atoms with Crippen molar-refractivity contribution in [3.63, 3.8) is 0 Å². The van der Waals surface area contributed by atoms with Crippen LogP contribution < -0.4 is 0 Å². The average Bonchev–Trinajstić information content (AvgIpc) is 3.17. The number of ether oxygens (including phenoxy) is 2. The second kappa shape index (κ2) is 39.6. The van der Waals surface area contributed by atoms with E-state index in [9.17, 15) is 19.0 Å². The molecule has 0 bridgehead atoms. The number of allylic oxidation sites excluding steroid dienone is 13. The molecule has 0 heterocycles. The largest absolute Gasteiger partial charge is 0.472 e. The zero-order chi connectivity index (χ0) is 42.8. The van der Waals surface area contributed by atoms with Crippen molar-refractivity contribution in [2.45, 2.75) is 161 Å². The topological polar surface area (TPSA) is 108 Å². The van der Waals surface area contributed by atoms with Gasteiger partial charge in [0.1, 0.15) is 19.8 Å². The second-order valence-electron chi connectivity index (χ2n) is 15.9. The normalized spacial score (nSPS) is 14.4. The second-order valence-corrected chi connectivity index (χ2v) is 17.4. The molecule has 10 heteroatoms. The number of unbranched alkanes of at least 4 members (excludes halogenated alkanes) is 18. The van der Waals surface area contributed by atoms with Crippen LogP contribution in [0.4, 0.5) is 0 Å². The first-order chi connectivity index (χ1) is 28.0. The summed E-state index contributed by atoms with van der Waals surface area (Å²) in [5, 5.41) is 0. The van der Waals surface area contributed by atoms with E-state index in [2.05, 4.69) is 38.2 Å². The molecule has 0 fully saturated rings. The van der Waals surface area contributed by atoms with E-state index in [-0.39, 0.29) is 19.6 Å². The highest BCUT2D eigenvalue weighted by molar-refractivity contribution is 7.47. The number of rotatable bonds is 39. The van der Waals surface area contributed by atoms with E-state index in [0.29, 0.717) is 17.4 Å². The van der Waals surface area contributed by atoms with Gasteiger partial charge < -0.3 is 18.9 Å². The monoisotopic (exact) mass is 833 g/mol. The lowest BCUT2D eigenvalue weighted by Gasteiger charge is -2.24. The van der Waals surface area contributed by atoms with Gasteiger partial charge in [0, 0.05) is 12.5 Å². The molecule has 1 N–H and O–H groups in total. The average molecular weight is 833 g/mol. The smallest absolute Gasteiger partial charge is 0.462 e. The molecule has 0 saturated carbocycles. The zero-order valence-corrected chi connectivity index (χ0v) is 38.1. The molecular weight excluding hydrogens is 750 g/mol. The first kappa shape index (κ1) is 55.2. The number of hydrogen-bond donors (Lipinski definition) is 1. The van der Waals surface area contributed by atoms with Crippen molar-refractivity contribution in [3.05, 3.63) is 85.1 Å². The van der Waals surface area contributed by atoms with Crippen molar-refractivity contribution in [3.8, 4) is 0 Å². The Balaban J connectivity index is 4.63. The van der Waals surface area contributed by atoms with E-state index >= 15 is 0 Å². The van der Waals surface area contributed by atoms with Crippen LogP contribution in [0.3, 0.4) is 0 Å². The molecule has 58 heavy (non-hydrogen) atoms. The third-order valence-electron chi connectivity index (χ3n) is 9.14. The molecule has 0 aliphatic rings. The van der Waals surface area contributed by atoms with Gasteiger partial charge in [-0.15, -0.1) is 0 Å². The van der Waals surface area contributed by atoms with Crippen LogP contribution in [-0.2, 0) is 32.7 Å². The summed E-state index contributed by atoms with van der Waals surface area (Å²) in [6, 6.07) is 0. The number of carbonyl (C=O) groups is 2. The summed E-state index contributed by atoms with van der Waals surface area (Å²) in [4.78, 5) is 35.2. The Kier molecular flexibility index (Phi) is 37.7. The highest BCUT2D eigenvalue weighted by Gasteiger charge is 2.26. The minimum Gasteiger partial charge on any atom is -0.462 e. The van der Waals surface area contributed by atoms with Crippen LogP contribution in [0.15, 0.2) is 85.1 Å². The molecule has 0 rings (SSSR count). The molecule has 9 nitrogen and oxygen atoms in total. The number of nitrogens with zero attached hydrogens (tertiary/aromatic N) is 1. The Bertz CT molecular complexity index is 1260. The summed E-state index contributed by atoms with van der Waals surface area (Å²) in [5.74, 6) is -1.13. The van der Waals surface area contributed by atoms with Gasteiger partial charge in [0.05, 0.1) is 27.7 Å². The lowest BCUT2D eigenvalue weighted by Crippen LogP contribution is -2.37. The number of quaternary nitrogens is 1. The molecule has 0 aromatic heterocycles. The van der Waals surface area contributed by atoms with Gasteiger partial charge in [-0.2, -0.15) is 0 Å². The van der Waals surface area contributed by atoms with Gasteiger partial charge in [0.15, 0.2) is 6.10 Å². The number of likely N-dealkylation sites (N-methyl/N-ethyl adjacent to an activating group) is 1. The Labute approximate surface area is 354 Å². The van der Waals surface area contributed by atoms with Crippen molar-refractivity contribution in [1.82, 2.24) is 0 Å². The Morgan fingerprint density at radius 1 is 0.569 bits per heavy atom. The molecule has 2 atom stereocenters. The van der Waals surface area contributed by atoms with Crippen molar-refractivity contribution in [2.24, 2.45) is 0 Å². The Morgan fingerprint density at radius 2 is 1.02 bits per heavy atom. The maximum atomic E-state index is 12.6. The summed E-state index contributed by atoms with van der Waals surface area (Å²) in [7, 11) is 1.37. The first-order valence-electron chi connectivity index (χ1n) is 22.4. The molecule has 1 unspecified atom stereocenters. The highest BCUT2D eigenvalue weighted by atomic mass is 31.2. The molecule has 0 amide bonds. The standard InChI is InChI=1S/C48H82NO8P/c1-6-8-10-12-14-16-18-20-22-23-24-25-27-29-31-33-35-37-39-41-48(51)57-46(45-56-58(52,53)55-43-42-49(3,4)5)44-54-47(50)40-38-36-34-32-30-28-26-21-19-17-15-13-11-9-7-2/h21-27,29,31,33,35,37,39,41,46H,6-20,28,30,32,34,36,38,40,42-45H2,1-5H3/p+1/b23-22?,25-24?,26-21-,29-27?,33-31?,37-35?,41-39?/t46-/m1/s1. The van der Waals surface area contributed by atoms with Crippen LogP contribution in [0.2, 0.25) is 0 Å². The van der Waals surface area contributed by atoms with E-state index in [0.717, 1.165) is 38.5 Å². The van der Waals surface area contributed by atoms with Crippen molar-refractivity contribution >= 4 is 19.8 Å². The molecule has 0 aliphatic heterocycles. The predicted molar refractivity (Wildman–Crippen MR) is 242 cm³/mol. The number of hydrogen-bond acceptors (Lipinski definition) is 7. The number of phosphoric acid groups is 1. The minimum atomic E-state index is -4.42. The molecule has 0 spiro atoms. The van der Waals surface area contributed by atoms with Crippen molar-refractivity contribution in [2.75, 3.05) is 47.5 Å². The molecule has 0 aromatic rings. The summed E-state index contributed by atoms with van der Waals surface area (Å²) < 4.78 is 34.0. The number of carbonyl (C=O) groups excluding carboxylic acids is 2. The fourth-order valence-corrected chi connectivity index (χ4v) is 6.35. The van der Waals surface area contributed by atoms with Gasteiger partial charge in [-0.25, -0.2) is 9.36 Å². The van der Waals surface area contributed by atoms with Gasteiger partial charge >= 0.3 is 19.8 Å². The Morgan fingerprint density at radius 3 is 1.53 bits per heavy atom. The Hall–Kier alpha value is -2.81. The van der Waals surface area contributed by atoms with Crippen LogP contribution in [0.1, 0.15) is 155 Å². The third-order valence-corrected chi connectivity index (χ3v) is 10.1. The number of phosphoric ester groups is 1. The van der Waals surface area contributed by atoms with Crippen LogP contribution in [0, 0.1) is 0 Å². The molecule has 332 valence electrons. The van der Waals surface area contributed by atoms with Gasteiger partial charge in [0.25, 0.3) is 0 Å². The van der Waals surface area contributed by atoms with E-state index < -0.39 is 32.5 Å². The predicted octanol–water partition coefficient (Wildman–Crippen LogP) is 12.8. The number of esters is 2. The molecule has 0 aromatic carbocycles. The van der Waals surface area contributed by atoms with E-state index in [1.54, 1.807) is 12.2 Å². The first-order valence-corrected chi connectivity index (χ1v) is 23.9. The maximum absolute atomic E-state index is 12.6. The summed E-state index contributed by atoms with van der Waals surface area (Å²) in [6.07, 6.45) is 51.3. The lowest BCUT2D eigenvalue weighted by molar-refractivity contribution is -0.870. The summed E-state index contributed by atoms with van der Waals surface area (Å²) in [6.45, 7) is 4.19. The van der Waals surface area contributed by atoms with E-state index in [1.807, 2.05) is 57.6 Å². The SMILES string of the molecule is CCCCCCCC/C=C\CCCCCCCC(=O)OC[C@H](COP(=O)(O)OCC[N+](C)(C)C)OC(=O)C=CC=CC=CC=CC=CC=CCCCCCCCCC. The molecule has 0 saturated heterocycles. The van der Waals surface area contributed by atoms with Gasteiger partial charge in [-0.05, 0) is 44.9 Å². The highest BCUT2D eigenvalue weighted by Crippen LogP contribution is 2.43. The van der Waals surface area contributed by atoms with Crippen molar-refractivity contribution < 1.29 is 42.1 Å². The van der Waals surface area contributed by atoms with Gasteiger partial charge in [-0.3, -0.25) is 13.8 Å². The summed E-state index contributed by atoms with van der Waals surface area (Å²) >= 11 is 0. The quantitative estimate of drug-likeness (QED) is 0.0124. The molecule has 0 radical (unpaired) electrons. The fraction of sp³-hybridized carbons (Fsp3) is 0.667. The summed E-state index contributed by atoms with van der Waals surface area (Å²) in [5.41, 5.74) is 0. The van der Waals surface area contributed by atoms with Crippen LogP contribution in [0.25, 0.3) is 0 Å². The van der Waals surface area contributed by atoms with Crippen LogP contribution >= 0.6 is 7.82 Å². The van der Waals surface area contributed by atoms with Crippen molar-refractivity contribution in [1.29, 1.82) is 0 Å². The lowest BCUT2D eigenvalue weighted by atomic mass is 10.1. The maximum Gasteiger partial charge on any atom is 0.472 e. The molecule has 0 aliphatic carbocycles. The van der Waals surface area contributed by atoms with Crippen LogP contribution in [0.5, 0.6) is 0 Å². The van der Waals surface area contributed by atoms with E-state index in [4.69, 9.17) is 18.5 Å². The van der Waals surface area contributed by atoms with Crippen LogP contribution in [-0.4, -0.2) is 74.9 Å². The third kappa shape index (κ3) is 42.8. The van der Waals surface area contributed by atoms with Gasteiger partial charge in [0.2, 0.25) is 0 Å².